The molecule has 0 saturated heterocycles. The van der Waals surface area contributed by atoms with E-state index in [9.17, 15) is 0 Å². The summed E-state index contributed by atoms with van der Waals surface area (Å²) in [6.07, 6.45) is 8.11. The SMILES string of the molecule is SSN1C=CC=CC1. The molecule has 0 aromatic carbocycles. The van der Waals surface area contributed by atoms with Gasteiger partial charge in [0.2, 0.25) is 0 Å². The van der Waals surface area contributed by atoms with Gasteiger partial charge in [0.05, 0.1) is 0 Å². The van der Waals surface area contributed by atoms with Gasteiger partial charge in [0.25, 0.3) is 0 Å². The molecule has 0 N–H and O–H groups in total. The highest BCUT2D eigenvalue weighted by molar-refractivity contribution is 8.67. The minimum atomic E-state index is 0.963. The third-order valence-electron chi connectivity index (χ3n) is 0.890. The van der Waals surface area contributed by atoms with Crippen molar-refractivity contribution in [1.82, 2.24) is 4.31 Å². The third kappa shape index (κ3) is 1.49. The number of nitrogens with zero attached hydrogens (tertiary/aromatic N) is 1. The summed E-state index contributed by atoms with van der Waals surface area (Å²) < 4.78 is 2.03. The Balaban J connectivity index is 2.40. The van der Waals surface area contributed by atoms with E-state index in [1.807, 2.05) is 22.7 Å². The van der Waals surface area contributed by atoms with Gasteiger partial charge in [-0.1, -0.05) is 23.8 Å². The van der Waals surface area contributed by atoms with Crippen molar-refractivity contribution in [3.63, 3.8) is 0 Å². The van der Waals surface area contributed by atoms with E-state index in [1.165, 1.54) is 11.0 Å². The first-order valence-corrected chi connectivity index (χ1v) is 4.17. The molecule has 1 rings (SSSR count). The molecule has 0 saturated carbocycles. The van der Waals surface area contributed by atoms with Crippen LogP contribution < -0.4 is 0 Å². The molecular weight excluding hydrogens is 138 g/mol. The first-order chi connectivity index (χ1) is 3.93. The average molecular weight is 145 g/mol. The van der Waals surface area contributed by atoms with Gasteiger partial charge in [0.15, 0.2) is 0 Å². The summed E-state index contributed by atoms with van der Waals surface area (Å²) >= 11 is 4.02. The molecular formula is C5H7NS2. The largest absolute Gasteiger partial charge is 0.311 e. The van der Waals surface area contributed by atoms with Crippen LogP contribution in [0.4, 0.5) is 0 Å². The normalized spacial score (nSPS) is 17.4. The molecule has 3 heteroatoms. The second-order valence-electron chi connectivity index (χ2n) is 1.45. The van der Waals surface area contributed by atoms with Crippen molar-refractivity contribution < 1.29 is 0 Å². The van der Waals surface area contributed by atoms with Gasteiger partial charge in [-0.25, -0.2) is 0 Å². The Morgan fingerprint density at radius 3 is 2.75 bits per heavy atom. The zero-order valence-electron chi connectivity index (χ0n) is 4.32. The Bertz CT molecular complexity index is 120. The predicted octanol–water partition coefficient (Wildman–Crippen LogP) is 1.86. The Morgan fingerprint density at radius 1 is 1.50 bits per heavy atom. The Labute approximate surface area is 58.4 Å². The zero-order valence-corrected chi connectivity index (χ0v) is 6.03. The van der Waals surface area contributed by atoms with Crippen molar-refractivity contribution >= 4 is 22.6 Å². The Hall–Kier alpha value is -0.0200. The summed E-state index contributed by atoms with van der Waals surface area (Å²) in [4.78, 5) is 0. The van der Waals surface area contributed by atoms with E-state index in [1.54, 1.807) is 0 Å². The first kappa shape index (κ1) is 6.11. The molecule has 1 aliphatic heterocycles. The molecule has 0 aromatic heterocycles. The van der Waals surface area contributed by atoms with Crippen LogP contribution in [0.25, 0.3) is 0 Å². The van der Waals surface area contributed by atoms with Gasteiger partial charge in [0.1, 0.15) is 0 Å². The molecule has 1 nitrogen and oxygen atoms in total. The molecule has 0 fully saturated rings. The molecule has 0 bridgehead atoms. The lowest BCUT2D eigenvalue weighted by molar-refractivity contribution is 0.698. The third-order valence-corrected chi connectivity index (χ3v) is 2.00. The highest BCUT2D eigenvalue weighted by Gasteiger charge is 1.93. The summed E-state index contributed by atoms with van der Waals surface area (Å²) in [6, 6.07) is 0. The average Bonchev–Trinajstić information content (AvgIpc) is 1.90. The molecule has 8 heavy (non-hydrogen) atoms. The lowest BCUT2D eigenvalue weighted by Gasteiger charge is -2.14. The summed E-state index contributed by atoms with van der Waals surface area (Å²) in [5.74, 6) is 0. The van der Waals surface area contributed by atoms with E-state index in [4.69, 9.17) is 0 Å². The number of hydrogen-bond acceptors (Lipinski definition) is 3. The first-order valence-electron chi connectivity index (χ1n) is 2.35. The van der Waals surface area contributed by atoms with Gasteiger partial charge in [-0.2, -0.15) is 0 Å². The van der Waals surface area contributed by atoms with E-state index in [2.05, 4.69) is 17.7 Å². The number of hydrogen-bond donors (Lipinski definition) is 1. The van der Waals surface area contributed by atoms with Crippen molar-refractivity contribution in [3.05, 3.63) is 24.4 Å². The molecule has 0 aliphatic carbocycles. The fraction of sp³-hybridized carbons (Fsp3) is 0.200. The highest BCUT2D eigenvalue weighted by Crippen LogP contribution is 2.15. The van der Waals surface area contributed by atoms with E-state index in [-0.39, 0.29) is 0 Å². The fourth-order valence-electron chi connectivity index (χ4n) is 0.510. The van der Waals surface area contributed by atoms with E-state index in [0.29, 0.717) is 0 Å². The maximum Gasteiger partial charge on any atom is 0.0480 e. The smallest absolute Gasteiger partial charge is 0.0480 e. The summed E-state index contributed by atoms with van der Waals surface area (Å²) in [7, 11) is 1.44. The number of allylic oxidation sites excluding steroid dienone is 2. The van der Waals surface area contributed by atoms with Crippen LogP contribution in [0, 0.1) is 0 Å². The Morgan fingerprint density at radius 2 is 2.38 bits per heavy atom. The molecule has 1 aliphatic rings. The van der Waals surface area contributed by atoms with E-state index >= 15 is 0 Å². The molecule has 0 unspecified atom stereocenters. The van der Waals surface area contributed by atoms with E-state index < -0.39 is 0 Å². The van der Waals surface area contributed by atoms with Crippen LogP contribution in [-0.2, 0) is 0 Å². The standard InChI is InChI=1S/C5H7NS2/c7-8-6-4-2-1-3-5-6/h1-4,7H,5H2. The molecule has 0 spiro atoms. The van der Waals surface area contributed by atoms with Crippen LogP contribution in [0.15, 0.2) is 24.4 Å². The second-order valence-corrected chi connectivity index (χ2v) is 2.57. The molecule has 0 aromatic rings. The lowest BCUT2D eigenvalue weighted by atomic mass is 10.4. The van der Waals surface area contributed by atoms with Crippen molar-refractivity contribution in [2.24, 2.45) is 0 Å². The van der Waals surface area contributed by atoms with Crippen molar-refractivity contribution in [2.45, 2.75) is 0 Å². The molecule has 0 amide bonds. The van der Waals surface area contributed by atoms with E-state index in [0.717, 1.165) is 6.54 Å². The van der Waals surface area contributed by atoms with Crippen LogP contribution in [0.5, 0.6) is 0 Å². The molecule has 44 valence electrons. The van der Waals surface area contributed by atoms with Crippen molar-refractivity contribution in [2.75, 3.05) is 6.54 Å². The van der Waals surface area contributed by atoms with Gasteiger partial charge in [0, 0.05) is 23.7 Å². The lowest BCUT2D eigenvalue weighted by Crippen LogP contribution is -2.06. The van der Waals surface area contributed by atoms with Gasteiger partial charge >= 0.3 is 0 Å². The minimum Gasteiger partial charge on any atom is -0.311 e. The van der Waals surface area contributed by atoms with Gasteiger partial charge in [-0.15, -0.1) is 0 Å². The van der Waals surface area contributed by atoms with Gasteiger partial charge < -0.3 is 4.31 Å². The van der Waals surface area contributed by atoms with Crippen LogP contribution >= 0.6 is 22.6 Å². The predicted molar refractivity (Wildman–Crippen MR) is 41.6 cm³/mol. The fourth-order valence-corrected chi connectivity index (χ4v) is 1.15. The van der Waals surface area contributed by atoms with Crippen molar-refractivity contribution in [3.8, 4) is 0 Å². The second kappa shape index (κ2) is 3.10. The number of thiol groups is 1. The summed E-state index contributed by atoms with van der Waals surface area (Å²) in [6.45, 7) is 0.963. The summed E-state index contributed by atoms with van der Waals surface area (Å²) in [5.41, 5.74) is 0. The van der Waals surface area contributed by atoms with Gasteiger partial charge in [-0.05, 0) is 6.08 Å². The summed E-state index contributed by atoms with van der Waals surface area (Å²) in [5, 5.41) is 0. The van der Waals surface area contributed by atoms with Crippen LogP contribution in [0.3, 0.4) is 0 Å². The number of rotatable bonds is 1. The Kier molecular flexibility index (Phi) is 2.36. The highest BCUT2D eigenvalue weighted by atomic mass is 33.1. The zero-order chi connectivity index (χ0) is 5.82. The maximum atomic E-state index is 4.02. The monoisotopic (exact) mass is 145 g/mol. The topological polar surface area (TPSA) is 3.24 Å². The minimum absolute atomic E-state index is 0.963. The molecule has 0 radical (unpaired) electrons. The van der Waals surface area contributed by atoms with Crippen LogP contribution in [0.2, 0.25) is 0 Å². The molecule has 0 atom stereocenters. The van der Waals surface area contributed by atoms with Crippen LogP contribution in [-0.4, -0.2) is 10.8 Å². The van der Waals surface area contributed by atoms with Crippen LogP contribution in [0.1, 0.15) is 0 Å². The van der Waals surface area contributed by atoms with Crippen molar-refractivity contribution in [1.29, 1.82) is 0 Å². The maximum absolute atomic E-state index is 4.02. The quantitative estimate of drug-likeness (QED) is 0.341. The van der Waals surface area contributed by atoms with Gasteiger partial charge in [-0.3, -0.25) is 0 Å². The molecule has 1 heterocycles.